The van der Waals surface area contributed by atoms with Crippen LogP contribution in [0.25, 0.3) is 0 Å². The van der Waals surface area contributed by atoms with Gasteiger partial charge in [0.15, 0.2) is 0 Å². The zero-order chi connectivity index (χ0) is 17.2. The summed E-state index contributed by atoms with van der Waals surface area (Å²) < 4.78 is 7.59. The van der Waals surface area contributed by atoms with Crippen LogP contribution in [0.4, 0.5) is 0 Å². The lowest BCUT2D eigenvalue weighted by Gasteiger charge is -2.43. The molecule has 1 saturated heterocycles. The molecule has 0 spiro atoms. The molecule has 132 valence electrons. The summed E-state index contributed by atoms with van der Waals surface area (Å²) in [5.41, 5.74) is 1.25. The monoisotopic (exact) mass is 340 g/mol. The van der Waals surface area contributed by atoms with Crippen molar-refractivity contribution in [2.24, 2.45) is 5.92 Å². The van der Waals surface area contributed by atoms with E-state index in [0.717, 1.165) is 37.5 Å². The largest absolute Gasteiger partial charge is 0.491 e. The van der Waals surface area contributed by atoms with Gasteiger partial charge in [0.25, 0.3) is 5.56 Å². The minimum Gasteiger partial charge on any atom is -0.491 e. The number of hydrogen-bond donors (Lipinski definition) is 1. The van der Waals surface area contributed by atoms with E-state index in [1.165, 1.54) is 0 Å². The number of nitrogens with zero attached hydrogens (tertiary/aromatic N) is 2. The topological polar surface area (TPSA) is 54.7 Å². The van der Waals surface area contributed by atoms with E-state index >= 15 is 0 Å². The smallest absolute Gasteiger partial charge is 0.250 e. The fourth-order valence-electron chi connectivity index (χ4n) is 4.20. The number of pyridine rings is 1. The number of piperidine rings is 1. The first-order valence-corrected chi connectivity index (χ1v) is 8.97. The number of aliphatic hydroxyl groups is 1. The Bertz CT molecular complexity index is 774. The Morgan fingerprint density at radius 1 is 1.08 bits per heavy atom. The molecule has 5 heteroatoms. The first-order chi connectivity index (χ1) is 12.2. The predicted molar refractivity (Wildman–Crippen MR) is 95.9 cm³/mol. The first kappa shape index (κ1) is 16.4. The number of aromatic nitrogens is 1. The van der Waals surface area contributed by atoms with Gasteiger partial charge in [-0.1, -0.05) is 24.3 Å². The molecule has 1 fully saturated rings. The number of aliphatic hydroxyl groups excluding tert-OH is 1. The quantitative estimate of drug-likeness (QED) is 0.900. The Morgan fingerprint density at radius 2 is 1.92 bits per heavy atom. The molecular formula is C20H24N2O3. The third-order valence-corrected chi connectivity index (χ3v) is 5.21. The van der Waals surface area contributed by atoms with Gasteiger partial charge in [-0.3, -0.25) is 9.69 Å². The summed E-state index contributed by atoms with van der Waals surface area (Å²) in [4.78, 5) is 14.4. The normalized spacial score (nSPS) is 23.7. The summed E-state index contributed by atoms with van der Waals surface area (Å²) in [7, 11) is 0. The number of hydrogen-bond acceptors (Lipinski definition) is 4. The molecule has 1 N–H and O–H groups in total. The molecule has 0 unspecified atom stereocenters. The number of para-hydroxylation sites is 1. The molecule has 5 nitrogen and oxygen atoms in total. The van der Waals surface area contributed by atoms with Gasteiger partial charge in [-0.05, 0) is 30.5 Å². The van der Waals surface area contributed by atoms with Crippen molar-refractivity contribution in [1.82, 2.24) is 9.47 Å². The summed E-state index contributed by atoms with van der Waals surface area (Å²) in [6.45, 7) is 3.52. The molecule has 2 aliphatic heterocycles. The molecule has 25 heavy (non-hydrogen) atoms. The predicted octanol–water partition coefficient (Wildman–Crippen LogP) is 1.71. The molecule has 0 saturated carbocycles. The van der Waals surface area contributed by atoms with E-state index in [9.17, 15) is 9.90 Å². The average Bonchev–Trinajstić information content (AvgIpc) is 2.62. The van der Waals surface area contributed by atoms with Crippen molar-refractivity contribution in [3.63, 3.8) is 0 Å². The van der Waals surface area contributed by atoms with Crippen molar-refractivity contribution in [2.45, 2.75) is 25.0 Å². The van der Waals surface area contributed by atoms with Gasteiger partial charge >= 0.3 is 0 Å². The highest BCUT2D eigenvalue weighted by Crippen LogP contribution is 2.34. The van der Waals surface area contributed by atoms with Crippen LogP contribution in [-0.4, -0.2) is 46.9 Å². The maximum Gasteiger partial charge on any atom is 0.250 e. The lowest BCUT2D eigenvalue weighted by Crippen LogP contribution is -2.49. The Labute approximate surface area is 147 Å². The number of rotatable bonds is 5. The second kappa shape index (κ2) is 7.02. The van der Waals surface area contributed by atoms with Crippen LogP contribution < -0.4 is 10.3 Å². The highest BCUT2D eigenvalue weighted by Gasteiger charge is 2.34. The van der Waals surface area contributed by atoms with Crippen LogP contribution in [0.3, 0.4) is 0 Å². The van der Waals surface area contributed by atoms with Crippen LogP contribution in [0.1, 0.15) is 18.0 Å². The summed E-state index contributed by atoms with van der Waals surface area (Å²) >= 11 is 0. The van der Waals surface area contributed by atoms with Crippen LogP contribution in [0, 0.1) is 5.92 Å². The standard InChI is InChI=1S/C20H24N2O3/c23-17(14-25-18-5-2-1-3-6-18)13-21-10-15-9-16(12-21)19-7-4-8-20(24)22(19)11-15/h1-8,15-17,23H,9-14H2/t15-,16-,17-/m0/s1. The van der Waals surface area contributed by atoms with Crippen molar-refractivity contribution in [2.75, 3.05) is 26.2 Å². The van der Waals surface area contributed by atoms with Gasteiger partial charge in [0.2, 0.25) is 0 Å². The molecule has 1 aromatic carbocycles. The van der Waals surface area contributed by atoms with Gasteiger partial charge < -0.3 is 14.4 Å². The van der Waals surface area contributed by atoms with Crippen LogP contribution in [0.15, 0.2) is 53.3 Å². The first-order valence-electron chi connectivity index (χ1n) is 8.97. The molecule has 2 aliphatic rings. The lowest BCUT2D eigenvalue weighted by molar-refractivity contribution is 0.0384. The maximum atomic E-state index is 12.1. The van der Waals surface area contributed by atoms with Crippen LogP contribution in [-0.2, 0) is 6.54 Å². The van der Waals surface area contributed by atoms with Gasteiger partial charge in [0.1, 0.15) is 18.5 Å². The molecule has 0 aliphatic carbocycles. The summed E-state index contributed by atoms with van der Waals surface area (Å²) in [6.07, 6.45) is 0.619. The fraction of sp³-hybridized carbons (Fsp3) is 0.450. The molecule has 0 radical (unpaired) electrons. The number of likely N-dealkylation sites (tertiary alicyclic amines) is 1. The van der Waals surface area contributed by atoms with Gasteiger partial charge in [-0.15, -0.1) is 0 Å². The fourth-order valence-corrected chi connectivity index (χ4v) is 4.20. The second-order valence-electron chi connectivity index (χ2n) is 7.19. The van der Waals surface area contributed by atoms with Gasteiger partial charge in [-0.2, -0.15) is 0 Å². The minimum atomic E-state index is -0.517. The maximum absolute atomic E-state index is 12.1. The molecule has 3 atom stereocenters. The van der Waals surface area contributed by atoms with E-state index in [1.807, 2.05) is 41.0 Å². The molecule has 2 bridgehead atoms. The van der Waals surface area contributed by atoms with Crippen molar-refractivity contribution >= 4 is 0 Å². The Kier molecular flexibility index (Phi) is 4.59. The van der Waals surface area contributed by atoms with Gasteiger partial charge in [-0.25, -0.2) is 0 Å². The zero-order valence-electron chi connectivity index (χ0n) is 14.3. The van der Waals surface area contributed by atoms with Crippen molar-refractivity contribution < 1.29 is 9.84 Å². The Hall–Kier alpha value is -2.11. The van der Waals surface area contributed by atoms with E-state index in [-0.39, 0.29) is 5.56 Å². The van der Waals surface area contributed by atoms with E-state index in [4.69, 9.17) is 4.74 Å². The number of fused-ring (bicyclic) bond motifs is 4. The third-order valence-electron chi connectivity index (χ3n) is 5.21. The molecule has 0 amide bonds. The highest BCUT2D eigenvalue weighted by atomic mass is 16.5. The average molecular weight is 340 g/mol. The van der Waals surface area contributed by atoms with Crippen LogP contribution in [0.2, 0.25) is 0 Å². The Balaban J connectivity index is 1.36. The zero-order valence-corrected chi connectivity index (χ0v) is 14.3. The van der Waals surface area contributed by atoms with Gasteiger partial charge in [0.05, 0.1) is 0 Å². The van der Waals surface area contributed by atoms with E-state index in [1.54, 1.807) is 6.07 Å². The minimum absolute atomic E-state index is 0.108. The summed E-state index contributed by atoms with van der Waals surface area (Å²) in [5, 5.41) is 10.3. The van der Waals surface area contributed by atoms with Crippen LogP contribution >= 0.6 is 0 Å². The van der Waals surface area contributed by atoms with Gasteiger partial charge in [0, 0.05) is 43.9 Å². The SMILES string of the molecule is O=c1cccc2n1C[C@H]1C[C@H]2CN(C[C@H](O)COc2ccccc2)C1. The van der Waals surface area contributed by atoms with Crippen molar-refractivity contribution in [3.05, 3.63) is 64.6 Å². The number of β-amino-alcohol motifs (C(OH)–C–C–N with tert-alkyl or cyclic N) is 1. The van der Waals surface area contributed by atoms with E-state index in [2.05, 4.69) is 11.0 Å². The number of benzene rings is 1. The molecule has 1 aromatic heterocycles. The second-order valence-corrected chi connectivity index (χ2v) is 7.19. The third kappa shape index (κ3) is 3.62. The van der Waals surface area contributed by atoms with E-state index in [0.29, 0.717) is 25.0 Å². The molecule has 4 rings (SSSR count). The Morgan fingerprint density at radius 3 is 2.76 bits per heavy atom. The highest BCUT2D eigenvalue weighted by molar-refractivity contribution is 5.21. The van der Waals surface area contributed by atoms with Crippen molar-refractivity contribution in [3.8, 4) is 5.75 Å². The molecule has 3 heterocycles. The number of ether oxygens (including phenoxy) is 1. The molecular weight excluding hydrogens is 316 g/mol. The summed E-state index contributed by atoms with van der Waals surface area (Å²) in [6, 6.07) is 15.2. The van der Waals surface area contributed by atoms with Crippen molar-refractivity contribution in [1.29, 1.82) is 0 Å². The van der Waals surface area contributed by atoms with Crippen LogP contribution in [0.5, 0.6) is 5.75 Å². The summed E-state index contributed by atoms with van der Waals surface area (Å²) in [5.74, 6) is 1.64. The van der Waals surface area contributed by atoms with E-state index < -0.39 is 6.10 Å². The molecule has 2 aromatic rings. The lowest BCUT2D eigenvalue weighted by atomic mass is 9.83.